The van der Waals surface area contributed by atoms with Crippen LogP contribution in [0.25, 0.3) is 0 Å². The largest absolute Gasteiger partial charge is 0.458 e. The van der Waals surface area contributed by atoms with E-state index in [0.717, 1.165) is 5.57 Å². The van der Waals surface area contributed by atoms with Gasteiger partial charge in [-0.25, -0.2) is 0 Å². The van der Waals surface area contributed by atoms with Gasteiger partial charge in [0, 0.05) is 19.4 Å². The third-order valence-corrected chi connectivity index (χ3v) is 8.87. The lowest BCUT2D eigenvalue weighted by Crippen LogP contribution is -2.63. The van der Waals surface area contributed by atoms with Gasteiger partial charge in [-0.1, -0.05) is 52.0 Å². The maximum Gasteiger partial charge on any atom is 0.309 e. The second-order valence-electron chi connectivity index (χ2n) is 11.2. The molecule has 2 aliphatic carbocycles. The molecule has 1 spiro atoms. The van der Waals surface area contributed by atoms with Crippen molar-refractivity contribution in [3.63, 3.8) is 0 Å². The molecule has 0 aromatic carbocycles. The zero-order chi connectivity index (χ0) is 27.7. The summed E-state index contributed by atoms with van der Waals surface area (Å²) in [6, 6.07) is 0. The van der Waals surface area contributed by atoms with Crippen molar-refractivity contribution in [2.45, 2.75) is 98.9 Å². The average Bonchev–Trinajstić information content (AvgIpc) is 3.12. The molecule has 0 aromatic rings. The molecular formula is C29H42O8. The summed E-state index contributed by atoms with van der Waals surface area (Å²) in [6.45, 7) is 16.4. The Hall–Kier alpha value is -2.45. The Bertz CT molecular complexity index is 982. The standard InChI is InChI=1S/C29H42O8/c1-9-16(3)11-12-28(8)18(5)13-24(32)29-22(26(34-19(6)30)37-27(29)35-20(7)31)14-21(15-23(28)29)36-25(33)17(4)10-2/h9,11,14,17-18,21,23-24,26-27,32H,1,10,12-13,15H2,2-8H3. The van der Waals surface area contributed by atoms with Gasteiger partial charge in [0.2, 0.25) is 12.6 Å². The Balaban J connectivity index is 2.21. The molecule has 1 saturated heterocycles. The molecule has 37 heavy (non-hydrogen) atoms. The lowest BCUT2D eigenvalue weighted by atomic mass is 9.45. The minimum atomic E-state index is -1.17. The number of allylic oxidation sites excluding steroid dienone is 3. The van der Waals surface area contributed by atoms with Crippen molar-refractivity contribution in [3.8, 4) is 0 Å². The molecule has 0 radical (unpaired) electrons. The zero-order valence-electron chi connectivity index (χ0n) is 23.1. The molecule has 0 bridgehead atoms. The van der Waals surface area contributed by atoms with Crippen LogP contribution in [0.15, 0.2) is 36.0 Å². The third kappa shape index (κ3) is 5.28. The SMILES string of the molecule is C=CC(C)=CCC1(C)C(C)CC(O)C23C(=CC(OC(=O)C(C)CC)CC12)C(OC(C)=O)OC3OC(C)=O. The van der Waals surface area contributed by atoms with Crippen molar-refractivity contribution >= 4 is 17.9 Å². The number of aliphatic hydroxyl groups is 1. The molecule has 0 amide bonds. The van der Waals surface area contributed by atoms with Crippen LogP contribution >= 0.6 is 0 Å². The van der Waals surface area contributed by atoms with Crippen molar-refractivity contribution in [1.82, 2.24) is 0 Å². The lowest BCUT2D eigenvalue weighted by molar-refractivity contribution is -0.254. The first kappa shape index (κ1) is 29.1. The number of rotatable bonds is 8. The number of esters is 3. The summed E-state index contributed by atoms with van der Waals surface area (Å²) >= 11 is 0. The van der Waals surface area contributed by atoms with E-state index in [1.54, 1.807) is 12.2 Å². The quantitative estimate of drug-likeness (QED) is 0.215. The van der Waals surface area contributed by atoms with Crippen LogP contribution < -0.4 is 0 Å². The second kappa shape index (κ2) is 11.1. The minimum absolute atomic E-state index is 0.0722. The molecule has 9 atom stereocenters. The molecule has 1 N–H and O–H groups in total. The summed E-state index contributed by atoms with van der Waals surface area (Å²) in [4.78, 5) is 37.0. The fraction of sp³-hybridized carbons (Fsp3) is 0.690. The van der Waals surface area contributed by atoms with E-state index in [1.807, 2.05) is 20.8 Å². The van der Waals surface area contributed by atoms with Gasteiger partial charge in [-0.05, 0) is 55.9 Å². The first-order chi connectivity index (χ1) is 17.3. The maximum absolute atomic E-state index is 12.8. The first-order valence-electron chi connectivity index (χ1n) is 13.2. The molecule has 8 heteroatoms. The summed E-state index contributed by atoms with van der Waals surface area (Å²) in [6.07, 6.45) is 3.89. The highest BCUT2D eigenvalue weighted by molar-refractivity contribution is 5.72. The highest BCUT2D eigenvalue weighted by atomic mass is 16.8. The van der Waals surface area contributed by atoms with Gasteiger partial charge in [0.25, 0.3) is 0 Å². The molecule has 9 unspecified atom stereocenters. The number of hydrogen-bond donors (Lipinski definition) is 1. The van der Waals surface area contributed by atoms with Crippen molar-refractivity contribution in [3.05, 3.63) is 36.0 Å². The Morgan fingerprint density at radius 2 is 1.84 bits per heavy atom. The van der Waals surface area contributed by atoms with E-state index in [-0.39, 0.29) is 23.7 Å². The molecule has 1 aliphatic heterocycles. The lowest BCUT2D eigenvalue weighted by Gasteiger charge is -2.60. The van der Waals surface area contributed by atoms with E-state index in [1.165, 1.54) is 13.8 Å². The van der Waals surface area contributed by atoms with Gasteiger partial charge < -0.3 is 19.3 Å². The molecule has 3 rings (SSSR count). The van der Waals surface area contributed by atoms with Gasteiger partial charge in [0.1, 0.15) is 6.10 Å². The summed E-state index contributed by atoms with van der Waals surface area (Å²) < 4.78 is 23.2. The van der Waals surface area contributed by atoms with E-state index in [9.17, 15) is 19.5 Å². The molecule has 3 aliphatic rings. The molecule has 1 heterocycles. The van der Waals surface area contributed by atoms with Crippen molar-refractivity contribution in [1.29, 1.82) is 0 Å². The normalized spacial score (nSPS) is 37.9. The van der Waals surface area contributed by atoms with Crippen LogP contribution in [0, 0.1) is 28.6 Å². The van der Waals surface area contributed by atoms with Crippen LogP contribution in [0.2, 0.25) is 0 Å². The molecule has 206 valence electrons. The van der Waals surface area contributed by atoms with E-state index in [4.69, 9.17) is 18.9 Å². The predicted molar refractivity (Wildman–Crippen MR) is 137 cm³/mol. The number of carbonyl (C=O) groups excluding carboxylic acids is 3. The zero-order valence-corrected chi connectivity index (χ0v) is 23.1. The van der Waals surface area contributed by atoms with E-state index < -0.39 is 47.6 Å². The van der Waals surface area contributed by atoms with Crippen LogP contribution in [0.5, 0.6) is 0 Å². The second-order valence-corrected chi connectivity index (χ2v) is 11.2. The van der Waals surface area contributed by atoms with Crippen LogP contribution in [0.4, 0.5) is 0 Å². The number of hydrogen-bond acceptors (Lipinski definition) is 8. The fourth-order valence-electron chi connectivity index (χ4n) is 6.30. The Labute approximate surface area is 220 Å². The number of ether oxygens (including phenoxy) is 4. The highest BCUT2D eigenvalue weighted by Gasteiger charge is 2.71. The van der Waals surface area contributed by atoms with Gasteiger partial charge >= 0.3 is 17.9 Å². The van der Waals surface area contributed by atoms with Gasteiger partial charge in [-0.15, -0.1) is 0 Å². The Morgan fingerprint density at radius 1 is 1.19 bits per heavy atom. The average molecular weight is 519 g/mol. The number of aliphatic hydroxyl groups excluding tert-OH is 1. The van der Waals surface area contributed by atoms with Gasteiger partial charge in [-0.2, -0.15) is 0 Å². The smallest absolute Gasteiger partial charge is 0.309 e. The Kier molecular flexibility index (Phi) is 8.75. The number of carbonyl (C=O) groups is 3. The third-order valence-electron chi connectivity index (χ3n) is 8.87. The summed E-state index contributed by atoms with van der Waals surface area (Å²) in [5, 5.41) is 11.7. The topological polar surface area (TPSA) is 108 Å². The van der Waals surface area contributed by atoms with Crippen molar-refractivity contribution in [2.24, 2.45) is 28.6 Å². The van der Waals surface area contributed by atoms with Crippen molar-refractivity contribution in [2.75, 3.05) is 0 Å². The minimum Gasteiger partial charge on any atom is -0.458 e. The van der Waals surface area contributed by atoms with Gasteiger partial charge in [0.05, 0.1) is 17.4 Å². The molecular weight excluding hydrogens is 476 g/mol. The first-order valence-corrected chi connectivity index (χ1v) is 13.2. The molecule has 1 saturated carbocycles. The van der Waals surface area contributed by atoms with Gasteiger partial charge in [-0.3, -0.25) is 19.1 Å². The van der Waals surface area contributed by atoms with E-state index in [2.05, 4.69) is 26.5 Å². The predicted octanol–water partition coefficient (Wildman–Crippen LogP) is 4.62. The molecule has 0 aromatic heterocycles. The maximum atomic E-state index is 12.8. The molecule has 2 fully saturated rings. The van der Waals surface area contributed by atoms with Crippen LogP contribution in [0.3, 0.4) is 0 Å². The van der Waals surface area contributed by atoms with Gasteiger partial charge in [0.15, 0.2) is 0 Å². The monoisotopic (exact) mass is 518 g/mol. The van der Waals surface area contributed by atoms with Crippen LogP contribution in [0.1, 0.15) is 74.1 Å². The summed E-state index contributed by atoms with van der Waals surface area (Å²) in [5.74, 6) is -1.99. The Morgan fingerprint density at radius 3 is 2.41 bits per heavy atom. The van der Waals surface area contributed by atoms with Crippen LogP contribution in [-0.4, -0.2) is 47.8 Å². The summed E-state index contributed by atoms with van der Waals surface area (Å²) in [7, 11) is 0. The van der Waals surface area contributed by atoms with Crippen molar-refractivity contribution < 1.29 is 38.4 Å². The van der Waals surface area contributed by atoms with Crippen LogP contribution in [-0.2, 0) is 33.3 Å². The highest BCUT2D eigenvalue weighted by Crippen LogP contribution is 2.67. The fourth-order valence-corrected chi connectivity index (χ4v) is 6.30. The summed E-state index contributed by atoms with van der Waals surface area (Å²) in [5.41, 5.74) is -0.0572. The van der Waals surface area contributed by atoms with E-state index in [0.29, 0.717) is 31.3 Å². The van der Waals surface area contributed by atoms with E-state index >= 15 is 0 Å². The molecule has 8 nitrogen and oxygen atoms in total.